The van der Waals surface area contributed by atoms with E-state index in [0.717, 1.165) is 22.4 Å². The molecule has 74 valence electrons. The zero-order valence-corrected chi connectivity index (χ0v) is 8.66. The second kappa shape index (κ2) is 2.85. The highest BCUT2D eigenvalue weighted by molar-refractivity contribution is 5.74. The molecule has 0 saturated heterocycles. The molecule has 1 aromatic carbocycles. The minimum Gasteiger partial charge on any atom is -0.497 e. The van der Waals surface area contributed by atoms with Crippen LogP contribution < -0.4 is 4.74 Å². The number of aliphatic hydroxyl groups is 1. The van der Waals surface area contributed by atoms with Crippen LogP contribution in [0.2, 0.25) is 0 Å². The first-order valence-corrected chi connectivity index (χ1v) is 4.65. The Kier molecular flexibility index (Phi) is 1.89. The van der Waals surface area contributed by atoms with Crippen LogP contribution in [0.3, 0.4) is 0 Å². The molecule has 0 spiro atoms. The molecule has 1 atom stereocenters. The standard InChI is InChI=1S/C12H14O2/c1-8-7-12(2,13)11-6-9(14-3)4-5-10(8)11/h4-7,13H,1-3H3. The number of rotatable bonds is 1. The molecule has 0 fully saturated rings. The van der Waals surface area contributed by atoms with E-state index in [1.54, 1.807) is 14.0 Å². The quantitative estimate of drug-likeness (QED) is 0.736. The first-order chi connectivity index (χ1) is 6.54. The number of ether oxygens (including phenoxy) is 1. The zero-order valence-electron chi connectivity index (χ0n) is 8.66. The second-order valence-corrected chi connectivity index (χ2v) is 3.89. The number of fused-ring (bicyclic) bond motifs is 1. The summed E-state index contributed by atoms with van der Waals surface area (Å²) in [4.78, 5) is 0. The molecular weight excluding hydrogens is 176 g/mol. The van der Waals surface area contributed by atoms with Gasteiger partial charge in [0.05, 0.1) is 7.11 Å². The molecule has 2 nitrogen and oxygen atoms in total. The van der Waals surface area contributed by atoms with Gasteiger partial charge in [-0.05, 0) is 48.8 Å². The molecule has 0 bridgehead atoms. The summed E-state index contributed by atoms with van der Waals surface area (Å²) in [6.45, 7) is 3.80. The van der Waals surface area contributed by atoms with E-state index in [1.165, 1.54) is 0 Å². The fraction of sp³-hybridized carbons (Fsp3) is 0.333. The third-order valence-corrected chi connectivity index (χ3v) is 2.69. The first kappa shape index (κ1) is 9.28. The van der Waals surface area contributed by atoms with Gasteiger partial charge in [0.15, 0.2) is 0 Å². The van der Waals surface area contributed by atoms with E-state index in [2.05, 4.69) is 0 Å². The third-order valence-electron chi connectivity index (χ3n) is 2.69. The van der Waals surface area contributed by atoms with Crippen LogP contribution in [0.5, 0.6) is 5.75 Å². The Hall–Kier alpha value is -1.28. The Labute approximate surface area is 83.8 Å². The summed E-state index contributed by atoms with van der Waals surface area (Å²) in [5.41, 5.74) is 2.30. The maximum Gasteiger partial charge on any atom is 0.119 e. The number of benzene rings is 1. The molecule has 1 N–H and O–H groups in total. The highest BCUT2D eigenvalue weighted by Crippen LogP contribution is 2.39. The van der Waals surface area contributed by atoms with Crippen molar-refractivity contribution < 1.29 is 9.84 Å². The van der Waals surface area contributed by atoms with E-state index in [4.69, 9.17) is 4.74 Å². The molecule has 0 amide bonds. The van der Waals surface area contributed by atoms with Gasteiger partial charge in [0.1, 0.15) is 11.4 Å². The Morgan fingerprint density at radius 1 is 1.36 bits per heavy atom. The monoisotopic (exact) mass is 190 g/mol. The maximum atomic E-state index is 10.1. The first-order valence-electron chi connectivity index (χ1n) is 4.65. The van der Waals surface area contributed by atoms with E-state index in [0.29, 0.717) is 0 Å². The Morgan fingerprint density at radius 2 is 2.07 bits per heavy atom. The van der Waals surface area contributed by atoms with Gasteiger partial charge in [-0.2, -0.15) is 0 Å². The van der Waals surface area contributed by atoms with Crippen LogP contribution in [0.25, 0.3) is 5.57 Å². The number of allylic oxidation sites excluding steroid dienone is 1. The van der Waals surface area contributed by atoms with Crippen molar-refractivity contribution in [3.05, 3.63) is 35.4 Å². The normalized spacial score (nSPS) is 24.4. The van der Waals surface area contributed by atoms with E-state index in [-0.39, 0.29) is 0 Å². The molecule has 14 heavy (non-hydrogen) atoms. The summed E-state index contributed by atoms with van der Waals surface area (Å²) in [5.74, 6) is 0.784. The third kappa shape index (κ3) is 1.23. The predicted octanol–water partition coefficient (Wildman–Crippen LogP) is 2.32. The van der Waals surface area contributed by atoms with Crippen molar-refractivity contribution >= 4 is 5.57 Å². The fourth-order valence-corrected chi connectivity index (χ4v) is 1.99. The lowest BCUT2D eigenvalue weighted by Gasteiger charge is -2.16. The van der Waals surface area contributed by atoms with Crippen LogP contribution in [0, 0.1) is 0 Å². The molecule has 0 aliphatic heterocycles. The molecule has 2 heteroatoms. The molecule has 0 saturated carbocycles. The summed E-state index contributed by atoms with van der Waals surface area (Å²) in [6, 6.07) is 5.79. The molecule has 1 aromatic rings. The van der Waals surface area contributed by atoms with Gasteiger partial charge in [0.25, 0.3) is 0 Å². The minimum atomic E-state index is -0.853. The van der Waals surface area contributed by atoms with Crippen molar-refractivity contribution in [3.8, 4) is 5.75 Å². The lowest BCUT2D eigenvalue weighted by atomic mass is 9.98. The van der Waals surface area contributed by atoms with Crippen LogP contribution in [-0.2, 0) is 5.60 Å². The van der Waals surface area contributed by atoms with E-state index in [9.17, 15) is 5.11 Å². The second-order valence-electron chi connectivity index (χ2n) is 3.89. The molecule has 2 rings (SSSR count). The van der Waals surface area contributed by atoms with Gasteiger partial charge < -0.3 is 9.84 Å². The number of hydrogen-bond acceptors (Lipinski definition) is 2. The molecule has 0 aromatic heterocycles. The van der Waals surface area contributed by atoms with Crippen molar-refractivity contribution in [1.29, 1.82) is 0 Å². The highest BCUT2D eigenvalue weighted by Gasteiger charge is 2.30. The van der Waals surface area contributed by atoms with E-state index in [1.807, 2.05) is 31.2 Å². The molecular formula is C12H14O2. The van der Waals surface area contributed by atoms with Gasteiger partial charge in [-0.15, -0.1) is 0 Å². The van der Waals surface area contributed by atoms with Gasteiger partial charge in [0, 0.05) is 0 Å². The summed E-state index contributed by atoms with van der Waals surface area (Å²) in [5, 5.41) is 10.1. The van der Waals surface area contributed by atoms with Crippen LogP contribution in [0.4, 0.5) is 0 Å². The molecule has 1 aliphatic carbocycles. The average Bonchev–Trinajstić information content (AvgIpc) is 2.37. The maximum absolute atomic E-state index is 10.1. The van der Waals surface area contributed by atoms with Crippen molar-refractivity contribution in [2.75, 3.05) is 7.11 Å². The van der Waals surface area contributed by atoms with E-state index >= 15 is 0 Å². The van der Waals surface area contributed by atoms with Gasteiger partial charge in [-0.25, -0.2) is 0 Å². The summed E-state index contributed by atoms with van der Waals surface area (Å²) < 4.78 is 5.13. The number of hydrogen-bond donors (Lipinski definition) is 1. The summed E-state index contributed by atoms with van der Waals surface area (Å²) >= 11 is 0. The number of methoxy groups -OCH3 is 1. The lowest BCUT2D eigenvalue weighted by molar-refractivity contribution is 0.114. The van der Waals surface area contributed by atoms with Crippen LogP contribution in [0.1, 0.15) is 25.0 Å². The minimum absolute atomic E-state index is 0.784. The average molecular weight is 190 g/mol. The van der Waals surface area contributed by atoms with Crippen molar-refractivity contribution in [2.45, 2.75) is 19.4 Å². The van der Waals surface area contributed by atoms with Crippen LogP contribution in [0.15, 0.2) is 24.3 Å². The van der Waals surface area contributed by atoms with Crippen LogP contribution >= 0.6 is 0 Å². The Morgan fingerprint density at radius 3 is 2.71 bits per heavy atom. The highest BCUT2D eigenvalue weighted by atomic mass is 16.5. The van der Waals surface area contributed by atoms with E-state index < -0.39 is 5.60 Å². The van der Waals surface area contributed by atoms with Gasteiger partial charge >= 0.3 is 0 Å². The Balaban J connectivity index is 2.59. The van der Waals surface area contributed by atoms with Crippen molar-refractivity contribution in [3.63, 3.8) is 0 Å². The van der Waals surface area contributed by atoms with Gasteiger partial charge in [0.2, 0.25) is 0 Å². The fourth-order valence-electron chi connectivity index (χ4n) is 1.99. The summed E-state index contributed by atoms with van der Waals surface area (Å²) in [7, 11) is 1.63. The Bertz CT molecular complexity index is 403. The molecule has 1 unspecified atom stereocenters. The smallest absolute Gasteiger partial charge is 0.119 e. The lowest BCUT2D eigenvalue weighted by Crippen LogP contribution is -2.15. The predicted molar refractivity (Wildman–Crippen MR) is 56.2 cm³/mol. The van der Waals surface area contributed by atoms with Crippen molar-refractivity contribution in [2.24, 2.45) is 0 Å². The van der Waals surface area contributed by atoms with Crippen LogP contribution in [-0.4, -0.2) is 12.2 Å². The molecule has 0 radical (unpaired) electrons. The topological polar surface area (TPSA) is 29.5 Å². The van der Waals surface area contributed by atoms with Crippen molar-refractivity contribution in [1.82, 2.24) is 0 Å². The largest absolute Gasteiger partial charge is 0.497 e. The molecule has 0 heterocycles. The van der Waals surface area contributed by atoms with Gasteiger partial charge in [-0.1, -0.05) is 6.07 Å². The molecule has 1 aliphatic rings. The SMILES string of the molecule is COc1ccc2c(c1)C(C)(O)C=C2C. The zero-order chi connectivity index (χ0) is 10.3. The van der Waals surface area contributed by atoms with Gasteiger partial charge in [-0.3, -0.25) is 0 Å². The summed E-state index contributed by atoms with van der Waals surface area (Å²) in [6.07, 6.45) is 1.87.